The van der Waals surface area contributed by atoms with Crippen molar-refractivity contribution in [3.63, 3.8) is 0 Å². The van der Waals surface area contributed by atoms with Crippen LogP contribution in [0.3, 0.4) is 0 Å². The molecule has 2 rings (SSSR count). The van der Waals surface area contributed by atoms with E-state index in [1.807, 2.05) is 6.92 Å². The summed E-state index contributed by atoms with van der Waals surface area (Å²) in [5, 5.41) is 11.9. The highest BCUT2D eigenvalue weighted by Gasteiger charge is 2.12. The Bertz CT molecular complexity index is 718. The summed E-state index contributed by atoms with van der Waals surface area (Å²) >= 11 is 1.36. The summed E-state index contributed by atoms with van der Waals surface area (Å²) in [7, 11) is 4.62. The molecule has 0 spiro atoms. The fourth-order valence-electron chi connectivity index (χ4n) is 1.96. The molecule has 128 valence electrons. The van der Waals surface area contributed by atoms with Crippen LogP contribution in [0.5, 0.6) is 17.2 Å². The molecule has 0 saturated heterocycles. The Morgan fingerprint density at radius 2 is 1.83 bits per heavy atom. The number of ether oxygens (including phenoxy) is 3. The number of hydrogen-bond donors (Lipinski definition) is 1. The van der Waals surface area contributed by atoms with Gasteiger partial charge in [-0.3, -0.25) is 10.1 Å². The van der Waals surface area contributed by atoms with Crippen LogP contribution in [0.2, 0.25) is 0 Å². The molecule has 8 heteroatoms. The predicted octanol–water partition coefficient (Wildman–Crippen LogP) is 2.78. The van der Waals surface area contributed by atoms with Crippen LogP contribution in [0.15, 0.2) is 18.2 Å². The summed E-state index contributed by atoms with van der Waals surface area (Å²) in [6.45, 7) is 1.98. The van der Waals surface area contributed by atoms with Gasteiger partial charge in [0.1, 0.15) is 5.01 Å². The van der Waals surface area contributed by atoms with Crippen molar-refractivity contribution < 1.29 is 19.0 Å². The number of anilines is 1. The van der Waals surface area contributed by atoms with Gasteiger partial charge in [-0.1, -0.05) is 18.3 Å². The summed E-state index contributed by atoms with van der Waals surface area (Å²) in [6.07, 6.45) is 3.85. The largest absolute Gasteiger partial charge is 0.493 e. The van der Waals surface area contributed by atoms with E-state index >= 15 is 0 Å². The molecule has 0 atom stereocenters. The van der Waals surface area contributed by atoms with E-state index in [1.165, 1.54) is 38.7 Å². The number of nitrogens with zero attached hydrogens (tertiary/aromatic N) is 2. The minimum atomic E-state index is -0.289. The van der Waals surface area contributed by atoms with Gasteiger partial charge in [-0.05, 0) is 30.2 Å². The van der Waals surface area contributed by atoms with Crippen molar-refractivity contribution >= 4 is 28.5 Å². The third-order valence-electron chi connectivity index (χ3n) is 3.11. The number of rotatable bonds is 7. The van der Waals surface area contributed by atoms with Crippen LogP contribution in [0.4, 0.5) is 5.13 Å². The molecule has 0 aliphatic rings. The molecule has 0 fully saturated rings. The quantitative estimate of drug-likeness (QED) is 0.774. The van der Waals surface area contributed by atoms with Crippen LogP contribution in [0.1, 0.15) is 17.5 Å². The number of aromatic nitrogens is 2. The van der Waals surface area contributed by atoms with Gasteiger partial charge in [-0.25, -0.2) is 0 Å². The predicted molar refractivity (Wildman–Crippen MR) is 93.0 cm³/mol. The molecule has 0 unspecified atom stereocenters. The molecular weight excluding hydrogens is 330 g/mol. The lowest BCUT2D eigenvalue weighted by Gasteiger charge is -2.12. The standard InChI is InChI=1S/C16H19N3O4S/c1-5-14-18-19-16(24-14)17-13(20)7-6-10-8-11(21-2)15(23-4)12(9-10)22-3/h6-9H,5H2,1-4H3,(H,17,19,20). The number of benzene rings is 1. The number of carbonyl (C=O) groups excluding carboxylic acids is 1. The second-order valence-corrected chi connectivity index (χ2v) is 5.70. The van der Waals surface area contributed by atoms with Crippen molar-refractivity contribution in [2.24, 2.45) is 0 Å². The first-order valence-electron chi connectivity index (χ1n) is 7.22. The fraction of sp³-hybridized carbons (Fsp3) is 0.312. The van der Waals surface area contributed by atoms with E-state index in [2.05, 4.69) is 15.5 Å². The van der Waals surface area contributed by atoms with Crippen LogP contribution in [-0.4, -0.2) is 37.4 Å². The summed E-state index contributed by atoms with van der Waals surface area (Å²) in [4.78, 5) is 12.0. The molecule has 1 heterocycles. The smallest absolute Gasteiger partial charge is 0.250 e. The summed E-state index contributed by atoms with van der Waals surface area (Å²) < 4.78 is 15.8. The van der Waals surface area contributed by atoms with E-state index in [1.54, 1.807) is 18.2 Å². The molecule has 1 aromatic heterocycles. The zero-order valence-electron chi connectivity index (χ0n) is 14.0. The Labute approximate surface area is 144 Å². The molecule has 24 heavy (non-hydrogen) atoms. The van der Waals surface area contributed by atoms with E-state index in [9.17, 15) is 4.79 Å². The molecule has 1 N–H and O–H groups in total. The lowest BCUT2D eigenvalue weighted by Crippen LogP contribution is -2.07. The van der Waals surface area contributed by atoms with Gasteiger partial charge in [0, 0.05) is 6.08 Å². The first kappa shape index (κ1) is 17.7. The van der Waals surface area contributed by atoms with Gasteiger partial charge in [0.15, 0.2) is 11.5 Å². The van der Waals surface area contributed by atoms with Crippen LogP contribution < -0.4 is 19.5 Å². The van der Waals surface area contributed by atoms with Crippen LogP contribution >= 0.6 is 11.3 Å². The number of methoxy groups -OCH3 is 3. The lowest BCUT2D eigenvalue weighted by atomic mass is 10.1. The van der Waals surface area contributed by atoms with Gasteiger partial charge < -0.3 is 14.2 Å². The first-order valence-corrected chi connectivity index (χ1v) is 8.04. The maximum absolute atomic E-state index is 12.0. The maximum atomic E-state index is 12.0. The van der Waals surface area contributed by atoms with Gasteiger partial charge in [-0.15, -0.1) is 10.2 Å². The van der Waals surface area contributed by atoms with Crippen LogP contribution in [0.25, 0.3) is 6.08 Å². The Morgan fingerprint density at radius 1 is 1.17 bits per heavy atom. The summed E-state index contributed by atoms with van der Waals surface area (Å²) in [6, 6.07) is 3.51. The minimum absolute atomic E-state index is 0.289. The Balaban J connectivity index is 2.14. The summed E-state index contributed by atoms with van der Waals surface area (Å²) in [5.74, 6) is 1.26. The molecule has 0 aliphatic heterocycles. The lowest BCUT2D eigenvalue weighted by molar-refractivity contribution is -0.111. The fourth-order valence-corrected chi connectivity index (χ4v) is 2.65. The van der Waals surface area contributed by atoms with Gasteiger partial charge in [-0.2, -0.15) is 0 Å². The van der Waals surface area contributed by atoms with Crippen LogP contribution in [0, 0.1) is 0 Å². The van der Waals surface area contributed by atoms with Crippen molar-refractivity contribution in [3.05, 3.63) is 28.8 Å². The minimum Gasteiger partial charge on any atom is -0.493 e. The molecule has 0 radical (unpaired) electrons. The molecular formula is C16H19N3O4S. The van der Waals surface area contributed by atoms with E-state index in [0.717, 1.165) is 17.0 Å². The second kappa shape index (κ2) is 8.30. The molecule has 0 aliphatic carbocycles. The Morgan fingerprint density at radius 3 is 2.33 bits per heavy atom. The number of nitrogens with one attached hydrogen (secondary N) is 1. The number of amides is 1. The number of aryl methyl sites for hydroxylation is 1. The normalized spacial score (nSPS) is 10.7. The second-order valence-electron chi connectivity index (χ2n) is 4.64. The van der Waals surface area contributed by atoms with Crippen LogP contribution in [-0.2, 0) is 11.2 Å². The summed E-state index contributed by atoms with van der Waals surface area (Å²) in [5.41, 5.74) is 0.742. The van der Waals surface area contributed by atoms with Gasteiger partial charge in [0.2, 0.25) is 16.8 Å². The first-order chi connectivity index (χ1) is 11.6. The average Bonchev–Trinajstić information content (AvgIpc) is 3.06. The zero-order valence-corrected chi connectivity index (χ0v) is 14.8. The molecule has 7 nitrogen and oxygen atoms in total. The highest BCUT2D eigenvalue weighted by molar-refractivity contribution is 7.15. The topological polar surface area (TPSA) is 82.6 Å². The van der Waals surface area contributed by atoms with E-state index in [0.29, 0.717) is 22.4 Å². The van der Waals surface area contributed by atoms with Crippen molar-refractivity contribution in [3.8, 4) is 17.2 Å². The molecule has 1 aromatic carbocycles. The van der Waals surface area contributed by atoms with Gasteiger partial charge in [0.05, 0.1) is 21.3 Å². The van der Waals surface area contributed by atoms with E-state index in [-0.39, 0.29) is 5.91 Å². The highest BCUT2D eigenvalue weighted by atomic mass is 32.1. The monoisotopic (exact) mass is 349 g/mol. The van der Waals surface area contributed by atoms with E-state index < -0.39 is 0 Å². The van der Waals surface area contributed by atoms with Crippen molar-refractivity contribution in [1.29, 1.82) is 0 Å². The zero-order chi connectivity index (χ0) is 17.5. The van der Waals surface area contributed by atoms with Gasteiger partial charge in [0.25, 0.3) is 0 Å². The van der Waals surface area contributed by atoms with Crippen molar-refractivity contribution in [1.82, 2.24) is 10.2 Å². The third kappa shape index (κ3) is 4.23. The average molecular weight is 349 g/mol. The SMILES string of the molecule is CCc1nnc(NC(=O)C=Cc2cc(OC)c(OC)c(OC)c2)s1. The maximum Gasteiger partial charge on any atom is 0.250 e. The number of hydrogen-bond acceptors (Lipinski definition) is 7. The van der Waals surface area contributed by atoms with Crippen molar-refractivity contribution in [2.45, 2.75) is 13.3 Å². The number of carbonyl (C=O) groups is 1. The molecule has 0 bridgehead atoms. The highest BCUT2D eigenvalue weighted by Crippen LogP contribution is 2.38. The molecule has 2 aromatic rings. The van der Waals surface area contributed by atoms with E-state index in [4.69, 9.17) is 14.2 Å². The molecule has 0 saturated carbocycles. The van der Waals surface area contributed by atoms with Crippen molar-refractivity contribution in [2.75, 3.05) is 26.6 Å². The third-order valence-corrected chi connectivity index (χ3v) is 4.10. The Kier molecular flexibility index (Phi) is 6.14. The van der Waals surface area contributed by atoms with Gasteiger partial charge >= 0.3 is 0 Å². The Hall–Kier alpha value is -2.61. The molecule has 1 amide bonds.